The monoisotopic (exact) mass is 251 g/mol. The molecule has 102 valence electrons. The van der Waals surface area contributed by atoms with Gasteiger partial charge in [-0.15, -0.1) is 0 Å². The van der Waals surface area contributed by atoms with Gasteiger partial charge in [0.15, 0.2) is 0 Å². The number of rotatable bonds is 7. The molecule has 0 radical (unpaired) electrons. The number of nitrogens with one attached hydrogen (secondary N) is 1. The van der Waals surface area contributed by atoms with Crippen LogP contribution in [0.4, 0.5) is 0 Å². The summed E-state index contributed by atoms with van der Waals surface area (Å²) in [5, 5.41) is 3.58. The molecule has 1 aromatic carbocycles. The van der Waals surface area contributed by atoms with Gasteiger partial charge in [0.25, 0.3) is 0 Å². The third-order valence-electron chi connectivity index (χ3n) is 2.99. The largest absolute Gasteiger partial charge is 0.497 e. The van der Waals surface area contributed by atoms with Gasteiger partial charge in [-0.25, -0.2) is 0 Å². The quantitative estimate of drug-likeness (QED) is 0.805. The van der Waals surface area contributed by atoms with Crippen molar-refractivity contribution in [3.8, 4) is 11.5 Å². The molecule has 0 saturated carbocycles. The highest BCUT2D eigenvalue weighted by molar-refractivity contribution is 5.42. The summed E-state index contributed by atoms with van der Waals surface area (Å²) in [7, 11) is 3.40. The Kier molecular flexibility index (Phi) is 5.99. The highest BCUT2D eigenvalue weighted by Crippen LogP contribution is 2.30. The molecule has 0 bridgehead atoms. The zero-order valence-electron chi connectivity index (χ0n) is 12.1. The Labute approximate surface area is 110 Å². The van der Waals surface area contributed by atoms with E-state index in [1.807, 2.05) is 12.1 Å². The lowest BCUT2D eigenvalue weighted by molar-refractivity contribution is 0.383. The topological polar surface area (TPSA) is 30.5 Å². The van der Waals surface area contributed by atoms with Crippen LogP contribution >= 0.6 is 0 Å². The van der Waals surface area contributed by atoms with Gasteiger partial charge in [0.05, 0.1) is 14.2 Å². The minimum atomic E-state index is 0.303. The maximum absolute atomic E-state index is 5.44. The fraction of sp³-hybridized carbons (Fsp3) is 0.600. The van der Waals surface area contributed by atoms with E-state index in [9.17, 15) is 0 Å². The van der Waals surface area contributed by atoms with E-state index in [1.54, 1.807) is 14.2 Å². The fourth-order valence-electron chi connectivity index (χ4n) is 1.96. The van der Waals surface area contributed by atoms with Crippen molar-refractivity contribution in [2.24, 2.45) is 5.92 Å². The van der Waals surface area contributed by atoms with Crippen LogP contribution in [0.1, 0.15) is 38.8 Å². The third kappa shape index (κ3) is 3.91. The van der Waals surface area contributed by atoms with Crippen LogP contribution in [0.15, 0.2) is 18.2 Å². The predicted octanol–water partition coefficient (Wildman–Crippen LogP) is 3.40. The highest BCUT2D eigenvalue weighted by atomic mass is 16.5. The standard InChI is InChI=1S/C15H25NO2/c1-6-14(16-10-11(2)3)13-9-12(17-4)7-8-15(13)18-5/h7-9,11,14,16H,6,10H2,1-5H3. The maximum Gasteiger partial charge on any atom is 0.123 e. The van der Waals surface area contributed by atoms with Gasteiger partial charge in [-0.1, -0.05) is 20.8 Å². The Bertz CT molecular complexity index is 364. The van der Waals surface area contributed by atoms with Crippen LogP contribution < -0.4 is 14.8 Å². The van der Waals surface area contributed by atoms with Crippen molar-refractivity contribution in [3.05, 3.63) is 23.8 Å². The normalized spacial score (nSPS) is 12.6. The van der Waals surface area contributed by atoms with Crippen LogP contribution in [0.25, 0.3) is 0 Å². The van der Waals surface area contributed by atoms with E-state index >= 15 is 0 Å². The van der Waals surface area contributed by atoms with Gasteiger partial charge < -0.3 is 14.8 Å². The molecule has 0 fully saturated rings. The van der Waals surface area contributed by atoms with E-state index in [2.05, 4.69) is 32.2 Å². The highest BCUT2D eigenvalue weighted by Gasteiger charge is 2.15. The number of hydrogen-bond donors (Lipinski definition) is 1. The van der Waals surface area contributed by atoms with E-state index in [1.165, 1.54) is 5.56 Å². The summed E-state index contributed by atoms with van der Waals surface area (Å²) >= 11 is 0. The number of benzene rings is 1. The zero-order valence-corrected chi connectivity index (χ0v) is 12.1. The second-order valence-electron chi connectivity index (χ2n) is 4.87. The number of methoxy groups -OCH3 is 2. The molecule has 0 amide bonds. The van der Waals surface area contributed by atoms with Crippen molar-refractivity contribution in [2.75, 3.05) is 20.8 Å². The first-order valence-corrected chi connectivity index (χ1v) is 6.57. The summed E-state index contributed by atoms with van der Waals surface area (Å²) in [5.41, 5.74) is 1.17. The lowest BCUT2D eigenvalue weighted by Gasteiger charge is -2.21. The smallest absolute Gasteiger partial charge is 0.123 e. The molecule has 0 saturated heterocycles. The summed E-state index contributed by atoms with van der Waals surface area (Å²) in [6, 6.07) is 6.25. The summed E-state index contributed by atoms with van der Waals surface area (Å²) < 4.78 is 10.7. The number of hydrogen-bond acceptors (Lipinski definition) is 3. The van der Waals surface area contributed by atoms with Gasteiger partial charge in [0, 0.05) is 11.6 Å². The second kappa shape index (κ2) is 7.27. The molecule has 18 heavy (non-hydrogen) atoms. The molecule has 1 unspecified atom stereocenters. The van der Waals surface area contributed by atoms with E-state index in [4.69, 9.17) is 9.47 Å². The zero-order chi connectivity index (χ0) is 13.5. The van der Waals surface area contributed by atoms with Crippen molar-refractivity contribution >= 4 is 0 Å². The van der Waals surface area contributed by atoms with Crippen LogP contribution in [0.2, 0.25) is 0 Å². The van der Waals surface area contributed by atoms with Gasteiger partial charge in [0.2, 0.25) is 0 Å². The molecule has 0 heterocycles. The summed E-state index contributed by atoms with van der Waals surface area (Å²) in [4.78, 5) is 0. The Morgan fingerprint density at radius 2 is 1.89 bits per heavy atom. The first-order valence-electron chi connectivity index (χ1n) is 6.57. The first-order chi connectivity index (χ1) is 8.62. The molecule has 3 heteroatoms. The molecule has 0 aliphatic rings. The fourth-order valence-corrected chi connectivity index (χ4v) is 1.96. The molecule has 1 rings (SSSR count). The first kappa shape index (κ1) is 14.8. The predicted molar refractivity (Wildman–Crippen MR) is 75.4 cm³/mol. The maximum atomic E-state index is 5.44. The molecule has 0 aromatic heterocycles. The van der Waals surface area contributed by atoms with Crippen LogP contribution in [-0.4, -0.2) is 20.8 Å². The average Bonchev–Trinajstić information content (AvgIpc) is 2.38. The molecule has 0 aliphatic carbocycles. The minimum Gasteiger partial charge on any atom is -0.497 e. The van der Waals surface area contributed by atoms with Crippen molar-refractivity contribution in [3.63, 3.8) is 0 Å². The Morgan fingerprint density at radius 1 is 1.17 bits per heavy atom. The molecule has 1 atom stereocenters. The third-order valence-corrected chi connectivity index (χ3v) is 2.99. The molecule has 1 N–H and O–H groups in total. The Balaban J connectivity index is 2.94. The van der Waals surface area contributed by atoms with Crippen LogP contribution in [0, 0.1) is 5.92 Å². The van der Waals surface area contributed by atoms with Crippen LogP contribution in [0.5, 0.6) is 11.5 Å². The van der Waals surface area contributed by atoms with E-state index in [0.717, 1.165) is 24.5 Å². The average molecular weight is 251 g/mol. The molecule has 3 nitrogen and oxygen atoms in total. The van der Waals surface area contributed by atoms with Gasteiger partial charge in [0.1, 0.15) is 11.5 Å². The minimum absolute atomic E-state index is 0.303. The van der Waals surface area contributed by atoms with Gasteiger partial charge in [-0.3, -0.25) is 0 Å². The van der Waals surface area contributed by atoms with Crippen molar-refractivity contribution in [1.82, 2.24) is 5.32 Å². The molecular weight excluding hydrogens is 226 g/mol. The van der Waals surface area contributed by atoms with Crippen LogP contribution in [0.3, 0.4) is 0 Å². The Morgan fingerprint density at radius 3 is 2.39 bits per heavy atom. The lowest BCUT2D eigenvalue weighted by atomic mass is 10.0. The van der Waals surface area contributed by atoms with E-state index in [-0.39, 0.29) is 0 Å². The second-order valence-corrected chi connectivity index (χ2v) is 4.87. The van der Waals surface area contributed by atoms with Gasteiger partial charge in [-0.2, -0.15) is 0 Å². The number of ether oxygens (including phenoxy) is 2. The molecular formula is C15H25NO2. The van der Waals surface area contributed by atoms with Gasteiger partial charge >= 0.3 is 0 Å². The van der Waals surface area contributed by atoms with Crippen molar-refractivity contribution < 1.29 is 9.47 Å². The van der Waals surface area contributed by atoms with Crippen LogP contribution in [-0.2, 0) is 0 Å². The summed E-state index contributed by atoms with van der Waals surface area (Å²) in [6.07, 6.45) is 1.02. The summed E-state index contributed by atoms with van der Waals surface area (Å²) in [6.45, 7) is 7.60. The summed E-state index contributed by atoms with van der Waals surface area (Å²) in [5.74, 6) is 2.42. The Hall–Kier alpha value is -1.22. The van der Waals surface area contributed by atoms with Crippen molar-refractivity contribution in [2.45, 2.75) is 33.2 Å². The molecule has 1 aromatic rings. The van der Waals surface area contributed by atoms with Crippen molar-refractivity contribution in [1.29, 1.82) is 0 Å². The molecule has 0 spiro atoms. The van der Waals surface area contributed by atoms with E-state index in [0.29, 0.717) is 12.0 Å². The SMILES string of the molecule is CCC(NCC(C)C)c1cc(OC)ccc1OC. The lowest BCUT2D eigenvalue weighted by Crippen LogP contribution is -2.25. The van der Waals surface area contributed by atoms with Gasteiger partial charge in [-0.05, 0) is 37.1 Å². The molecule has 0 aliphatic heterocycles. The van der Waals surface area contributed by atoms with E-state index < -0.39 is 0 Å².